The second-order valence-electron chi connectivity index (χ2n) is 8.08. The van der Waals surface area contributed by atoms with Gasteiger partial charge in [0.25, 0.3) is 0 Å². The van der Waals surface area contributed by atoms with Crippen molar-refractivity contribution in [2.45, 2.75) is 45.2 Å². The van der Waals surface area contributed by atoms with Crippen LogP contribution in [0.25, 0.3) is 0 Å². The van der Waals surface area contributed by atoms with E-state index in [0.29, 0.717) is 18.7 Å². The van der Waals surface area contributed by atoms with Crippen LogP contribution in [0.3, 0.4) is 0 Å². The molecule has 1 aliphatic rings. The summed E-state index contributed by atoms with van der Waals surface area (Å²) in [6, 6.07) is 15.8. The molecule has 2 aromatic carbocycles. The normalized spacial score (nSPS) is 19.2. The van der Waals surface area contributed by atoms with Gasteiger partial charge in [-0.1, -0.05) is 49.3 Å². The van der Waals surface area contributed by atoms with E-state index in [1.54, 1.807) is 12.1 Å². The molecule has 0 saturated carbocycles. The van der Waals surface area contributed by atoms with Crippen LogP contribution in [0, 0.1) is 11.7 Å². The van der Waals surface area contributed by atoms with Crippen molar-refractivity contribution in [2.24, 2.45) is 16.8 Å². The molecule has 1 heterocycles. The number of hydrogen-bond acceptors (Lipinski definition) is 5. The minimum Gasteiger partial charge on any atom is -0.394 e. The Labute approximate surface area is 184 Å². The average Bonchev–Trinajstić information content (AvgIpc) is 3.29. The fourth-order valence-corrected chi connectivity index (χ4v) is 3.99. The number of Topliss-reactive ketones (excluding diaryl/α,β-unsaturated/α-hetero) is 1. The Balaban J connectivity index is 1.76. The molecule has 0 aliphatic carbocycles. The molecule has 0 aromatic heterocycles. The van der Waals surface area contributed by atoms with Crippen LogP contribution >= 0.6 is 0 Å². The van der Waals surface area contributed by atoms with Gasteiger partial charge in [-0.25, -0.2) is 4.39 Å². The largest absolute Gasteiger partial charge is 0.394 e. The Morgan fingerprint density at radius 2 is 1.84 bits per heavy atom. The Kier molecular flexibility index (Phi) is 8.32. The third-order valence-corrected chi connectivity index (χ3v) is 5.91. The van der Waals surface area contributed by atoms with Crippen LogP contribution in [0.15, 0.2) is 59.8 Å². The van der Waals surface area contributed by atoms with Gasteiger partial charge >= 0.3 is 0 Å². The highest BCUT2D eigenvalue weighted by Crippen LogP contribution is 2.26. The van der Waals surface area contributed by atoms with E-state index in [0.717, 1.165) is 37.1 Å². The SMILES string of the molecule is CCC(N)CON=C(c1ccccc1)C(CC)N1CCC(C(=O)c2ccc(F)cc2)C1. The number of nitrogens with two attached hydrogens (primary N) is 1. The van der Waals surface area contributed by atoms with E-state index in [-0.39, 0.29) is 29.6 Å². The molecule has 3 unspecified atom stereocenters. The first-order chi connectivity index (χ1) is 15.0. The van der Waals surface area contributed by atoms with Crippen molar-refractivity contribution in [3.05, 3.63) is 71.5 Å². The lowest BCUT2D eigenvalue weighted by Crippen LogP contribution is -2.40. The molecule has 0 radical (unpaired) electrons. The van der Waals surface area contributed by atoms with Gasteiger partial charge in [0, 0.05) is 29.6 Å². The fraction of sp³-hybridized carbons (Fsp3) is 0.440. The fourth-order valence-electron chi connectivity index (χ4n) is 3.99. The molecule has 31 heavy (non-hydrogen) atoms. The zero-order valence-electron chi connectivity index (χ0n) is 18.3. The van der Waals surface area contributed by atoms with Crippen LogP contribution in [0.5, 0.6) is 0 Å². The van der Waals surface area contributed by atoms with Crippen molar-refractivity contribution in [2.75, 3.05) is 19.7 Å². The maximum atomic E-state index is 13.2. The minimum atomic E-state index is -0.331. The van der Waals surface area contributed by atoms with Gasteiger partial charge in [0.05, 0.1) is 6.04 Å². The first kappa shape index (κ1) is 23.1. The number of ketones is 1. The maximum Gasteiger partial charge on any atom is 0.167 e. The predicted octanol–water partition coefficient (Wildman–Crippen LogP) is 4.27. The second-order valence-corrected chi connectivity index (χ2v) is 8.08. The van der Waals surface area contributed by atoms with Crippen molar-refractivity contribution in [1.29, 1.82) is 0 Å². The number of halogens is 1. The number of likely N-dealkylation sites (tertiary alicyclic amines) is 1. The number of rotatable bonds is 10. The number of hydrogen-bond donors (Lipinski definition) is 1. The summed E-state index contributed by atoms with van der Waals surface area (Å²) >= 11 is 0. The van der Waals surface area contributed by atoms with E-state index >= 15 is 0 Å². The van der Waals surface area contributed by atoms with E-state index in [4.69, 9.17) is 10.6 Å². The topological polar surface area (TPSA) is 67.9 Å². The van der Waals surface area contributed by atoms with Gasteiger partial charge in [0.2, 0.25) is 0 Å². The van der Waals surface area contributed by atoms with Gasteiger partial charge < -0.3 is 10.6 Å². The third-order valence-electron chi connectivity index (χ3n) is 5.91. The number of oxime groups is 1. The van der Waals surface area contributed by atoms with E-state index in [1.165, 1.54) is 12.1 Å². The van der Waals surface area contributed by atoms with Gasteiger partial charge in [-0.2, -0.15) is 0 Å². The summed E-state index contributed by atoms with van der Waals surface area (Å²) in [6.07, 6.45) is 2.44. The van der Waals surface area contributed by atoms with Gasteiger partial charge in [-0.05, 0) is 50.1 Å². The highest BCUT2D eigenvalue weighted by Gasteiger charge is 2.34. The van der Waals surface area contributed by atoms with E-state index in [2.05, 4.69) is 17.0 Å². The molecule has 6 heteroatoms. The van der Waals surface area contributed by atoms with Crippen LogP contribution in [-0.4, -0.2) is 48.2 Å². The first-order valence-electron chi connectivity index (χ1n) is 11.1. The Morgan fingerprint density at radius 3 is 2.48 bits per heavy atom. The summed E-state index contributed by atoms with van der Waals surface area (Å²) in [5, 5.41) is 4.50. The Morgan fingerprint density at radius 1 is 1.13 bits per heavy atom. The molecule has 0 amide bonds. The zero-order chi connectivity index (χ0) is 22.2. The summed E-state index contributed by atoms with van der Waals surface area (Å²) in [6.45, 7) is 5.96. The van der Waals surface area contributed by atoms with Crippen LogP contribution in [0.1, 0.15) is 49.0 Å². The number of benzene rings is 2. The smallest absolute Gasteiger partial charge is 0.167 e. The van der Waals surface area contributed by atoms with Crippen molar-refractivity contribution < 1.29 is 14.0 Å². The number of nitrogens with zero attached hydrogens (tertiary/aromatic N) is 2. The standard InChI is InChI=1S/C25H32FN3O2/c1-3-22(27)17-31-28-24(18-8-6-5-7-9-18)23(4-2)29-15-14-20(16-29)25(30)19-10-12-21(26)13-11-19/h5-13,20,22-23H,3-4,14-17,27H2,1-2H3. The molecule has 3 atom stereocenters. The molecule has 2 N–H and O–H groups in total. The van der Waals surface area contributed by atoms with E-state index < -0.39 is 0 Å². The zero-order valence-corrected chi connectivity index (χ0v) is 18.3. The van der Waals surface area contributed by atoms with E-state index in [9.17, 15) is 9.18 Å². The highest BCUT2D eigenvalue weighted by molar-refractivity contribution is 6.04. The Bertz CT molecular complexity index is 870. The number of carbonyl (C=O) groups is 1. The van der Waals surface area contributed by atoms with Crippen molar-refractivity contribution in [3.8, 4) is 0 Å². The molecule has 0 spiro atoms. The van der Waals surface area contributed by atoms with E-state index in [1.807, 2.05) is 37.3 Å². The van der Waals surface area contributed by atoms with Crippen LogP contribution in [0.2, 0.25) is 0 Å². The minimum absolute atomic E-state index is 0.0336. The molecule has 2 aromatic rings. The van der Waals surface area contributed by atoms with Crippen molar-refractivity contribution in [1.82, 2.24) is 4.90 Å². The molecule has 1 aliphatic heterocycles. The van der Waals surface area contributed by atoms with Crippen molar-refractivity contribution in [3.63, 3.8) is 0 Å². The summed E-state index contributed by atoms with van der Waals surface area (Å²) in [5.74, 6) is -0.367. The maximum absolute atomic E-state index is 13.2. The monoisotopic (exact) mass is 425 g/mol. The molecule has 0 bridgehead atoms. The van der Waals surface area contributed by atoms with Crippen LogP contribution in [0.4, 0.5) is 4.39 Å². The molecular formula is C25H32FN3O2. The molecule has 3 rings (SSSR count). The van der Waals surface area contributed by atoms with Gasteiger partial charge in [0.1, 0.15) is 18.1 Å². The summed E-state index contributed by atoms with van der Waals surface area (Å²) in [5.41, 5.74) is 8.41. The summed E-state index contributed by atoms with van der Waals surface area (Å²) < 4.78 is 13.2. The van der Waals surface area contributed by atoms with Gasteiger partial charge in [-0.3, -0.25) is 9.69 Å². The first-order valence-corrected chi connectivity index (χ1v) is 11.1. The lowest BCUT2D eigenvalue weighted by atomic mass is 9.96. The number of carbonyl (C=O) groups excluding carboxylic acids is 1. The molecular weight excluding hydrogens is 393 g/mol. The third kappa shape index (κ3) is 5.99. The molecule has 5 nitrogen and oxygen atoms in total. The quantitative estimate of drug-likeness (QED) is 0.351. The Hall–Kier alpha value is -2.57. The second kappa shape index (κ2) is 11.2. The van der Waals surface area contributed by atoms with Gasteiger partial charge in [0.15, 0.2) is 5.78 Å². The summed E-state index contributed by atoms with van der Waals surface area (Å²) in [7, 11) is 0. The van der Waals surface area contributed by atoms with Crippen LogP contribution in [-0.2, 0) is 4.84 Å². The highest BCUT2D eigenvalue weighted by atomic mass is 19.1. The van der Waals surface area contributed by atoms with Crippen LogP contribution < -0.4 is 5.73 Å². The van der Waals surface area contributed by atoms with Crippen molar-refractivity contribution >= 4 is 11.5 Å². The molecule has 1 fully saturated rings. The van der Waals surface area contributed by atoms with Gasteiger partial charge in [-0.15, -0.1) is 0 Å². The molecule has 1 saturated heterocycles. The summed E-state index contributed by atoms with van der Waals surface area (Å²) in [4.78, 5) is 20.9. The lowest BCUT2D eigenvalue weighted by Gasteiger charge is -2.28. The lowest BCUT2D eigenvalue weighted by molar-refractivity contribution is 0.0920. The average molecular weight is 426 g/mol. The predicted molar refractivity (Wildman–Crippen MR) is 122 cm³/mol. The molecule has 166 valence electrons.